The SMILES string of the molecule is C/C(N)=C/[C@H](C)Cl. The first-order chi connectivity index (χ1) is 3.13. The van der Waals surface area contributed by atoms with Gasteiger partial charge in [-0.1, -0.05) is 0 Å². The Morgan fingerprint density at radius 1 is 1.86 bits per heavy atom. The molecule has 0 aromatic heterocycles. The molecule has 0 spiro atoms. The molecule has 0 radical (unpaired) electrons. The molecule has 0 saturated carbocycles. The smallest absolute Gasteiger partial charge is 0.0507 e. The summed E-state index contributed by atoms with van der Waals surface area (Å²) in [4.78, 5) is 0. The summed E-state index contributed by atoms with van der Waals surface area (Å²) in [6, 6.07) is 0. The van der Waals surface area contributed by atoms with Crippen LogP contribution in [0, 0.1) is 0 Å². The van der Waals surface area contributed by atoms with Crippen LogP contribution in [0.3, 0.4) is 0 Å². The van der Waals surface area contributed by atoms with E-state index in [9.17, 15) is 0 Å². The Labute approximate surface area is 49.2 Å². The molecule has 0 aliphatic rings. The van der Waals surface area contributed by atoms with E-state index >= 15 is 0 Å². The standard InChI is InChI=1S/C5H10ClN/c1-4(6)3-5(2)7/h3-4H,7H2,1-2H3/b5-3-/t4-/m0/s1. The largest absolute Gasteiger partial charge is 0.402 e. The van der Waals surface area contributed by atoms with Crippen LogP contribution in [0.2, 0.25) is 0 Å². The highest BCUT2D eigenvalue weighted by atomic mass is 35.5. The van der Waals surface area contributed by atoms with Gasteiger partial charge < -0.3 is 5.73 Å². The van der Waals surface area contributed by atoms with E-state index in [0.717, 1.165) is 5.70 Å². The number of halogens is 1. The van der Waals surface area contributed by atoms with Gasteiger partial charge in [-0.3, -0.25) is 0 Å². The number of nitrogens with two attached hydrogens (primary N) is 1. The fraction of sp³-hybridized carbons (Fsp3) is 0.600. The minimum atomic E-state index is 0.0602. The average Bonchev–Trinajstić information content (AvgIpc) is 1.27. The average molecular weight is 120 g/mol. The Kier molecular flexibility index (Phi) is 2.84. The van der Waals surface area contributed by atoms with Crippen molar-refractivity contribution in [1.82, 2.24) is 0 Å². The summed E-state index contributed by atoms with van der Waals surface area (Å²) in [5.41, 5.74) is 6.05. The van der Waals surface area contributed by atoms with E-state index in [1.54, 1.807) is 6.08 Å². The second-order valence-corrected chi connectivity index (χ2v) is 2.28. The van der Waals surface area contributed by atoms with Crippen molar-refractivity contribution in [1.29, 1.82) is 0 Å². The third-order valence-electron chi connectivity index (χ3n) is 0.493. The maximum absolute atomic E-state index is 5.52. The molecule has 0 bridgehead atoms. The van der Waals surface area contributed by atoms with Crippen molar-refractivity contribution in [2.24, 2.45) is 5.73 Å². The van der Waals surface area contributed by atoms with Gasteiger partial charge >= 0.3 is 0 Å². The molecule has 0 amide bonds. The molecule has 0 unspecified atom stereocenters. The van der Waals surface area contributed by atoms with Crippen LogP contribution in [0.25, 0.3) is 0 Å². The molecule has 42 valence electrons. The molecule has 1 atom stereocenters. The first-order valence-corrected chi connectivity index (χ1v) is 2.64. The maximum Gasteiger partial charge on any atom is 0.0507 e. The number of alkyl halides is 1. The molecule has 7 heavy (non-hydrogen) atoms. The van der Waals surface area contributed by atoms with E-state index in [2.05, 4.69) is 0 Å². The fourth-order valence-corrected chi connectivity index (χ4v) is 0.561. The van der Waals surface area contributed by atoms with Crippen LogP contribution < -0.4 is 5.73 Å². The van der Waals surface area contributed by atoms with Gasteiger partial charge in [-0.05, 0) is 19.9 Å². The van der Waals surface area contributed by atoms with Crippen molar-refractivity contribution in [2.45, 2.75) is 19.2 Å². The molecule has 0 aromatic rings. The summed E-state index contributed by atoms with van der Waals surface area (Å²) < 4.78 is 0. The molecule has 0 fully saturated rings. The molecule has 0 aromatic carbocycles. The summed E-state index contributed by atoms with van der Waals surface area (Å²) >= 11 is 5.52. The second kappa shape index (κ2) is 2.92. The Hall–Kier alpha value is -0.170. The highest BCUT2D eigenvalue weighted by Crippen LogP contribution is 1.95. The lowest BCUT2D eigenvalue weighted by Gasteiger charge is -1.91. The number of hydrogen-bond donors (Lipinski definition) is 1. The van der Waals surface area contributed by atoms with E-state index in [1.807, 2.05) is 13.8 Å². The molecule has 0 aliphatic carbocycles. The highest BCUT2D eigenvalue weighted by Gasteiger charge is 1.85. The van der Waals surface area contributed by atoms with E-state index in [4.69, 9.17) is 17.3 Å². The van der Waals surface area contributed by atoms with Gasteiger partial charge in [0.2, 0.25) is 0 Å². The normalized spacial score (nSPS) is 16.7. The second-order valence-electron chi connectivity index (χ2n) is 1.59. The van der Waals surface area contributed by atoms with Gasteiger partial charge in [0.05, 0.1) is 5.38 Å². The molecule has 2 heteroatoms. The maximum atomic E-state index is 5.52. The molecule has 0 saturated heterocycles. The van der Waals surface area contributed by atoms with Crippen molar-refractivity contribution in [3.05, 3.63) is 11.8 Å². The first kappa shape index (κ1) is 6.83. The molecular formula is C5H10ClN. The van der Waals surface area contributed by atoms with Crippen LogP contribution in [-0.2, 0) is 0 Å². The number of hydrogen-bond acceptors (Lipinski definition) is 1. The lowest BCUT2D eigenvalue weighted by atomic mass is 10.4. The van der Waals surface area contributed by atoms with Gasteiger partial charge in [0.1, 0.15) is 0 Å². The van der Waals surface area contributed by atoms with E-state index in [0.29, 0.717) is 0 Å². The number of allylic oxidation sites excluding steroid dienone is 2. The minimum absolute atomic E-state index is 0.0602. The van der Waals surface area contributed by atoms with Crippen LogP contribution >= 0.6 is 11.6 Å². The van der Waals surface area contributed by atoms with Crippen LogP contribution in [0.1, 0.15) is 13.8 Å². The van der Waals surface area contributed by atoms with Crippen LogP contribution in [-0.4, -0.2) is 5.38 Å². The molecule has 0 rings (SSSR count). The summed E-state index contributed by atoms with van der Waals surface area (Å²) in [6.07, 6.45) is 1.79. The van der Waals surface area contributed by atoms with Gasteiger partial charge in [0.25, 0.3) is 0 Å². The van der Waals surface area contributed by atoms with Crippen molar-refractivity contribution in [3.8, 4) is 0 Å². The summed E-state index contributed by atoms with van der Waals surface area (Å²) in [7, 11) is 0. The molecular weight excluding hydrogens is 110 g/mol. The third kappa shape index (κ3) is 5.83. The highest BCUT2D eigenvalue weighted by molar-refractivity contribution is 6.21. The lowest BCUT2D eigenvalue weighted by Crippen LogP contribution is -1.94. The Balaban J connectivity index is 3.45. The molecule has 0 aliphatic heterocycles. The Morgan fingerprint density at radius 2 is 2.29 bits per heavy atom. The van der Waals surface area contributed by atoms with Crippen LogP contribution in [0.5, 0.6) is 0 Å². The van der Waals surface area contributed by atoms with Crippen LogP contribution in [0.4, 0.5) is 0 Å². The van der Waals surface area contributed by atoms with Gasteiger partial charge in [-0.15, -0.1) is 11.6 Å². The first-order valence-electron chi connectivity index (χ1n) is 2.21. The monoisotopic (exact) mass is 119 g/mol. The summed E-state index contributed by atoms with van der Waals surface area (Å²) in [5, 5.41) is 0.0602. The van der Waals surface area contributed by atoms with Gasteiger partial charge in [-0.2, -0.15) is 0 Å². The van der Waals surface area contributed by atoms with Crippen molar-refractivity contribution in [2.75, 3.05) is 0 Å². The quantitative estimate of drug-likeness (QED) is 0.520. The predicted molar refractivity (Wildman–Crippen MR) is 33.3 cm³/mol. The van der Waals surface area contributed by atoms with Gasteiger partial charge in [-0.25, -0.2) is 0 Å². The molecule has 1 nitrogen and oxygen atoms in total. The third-order valence-corrected chi connectivity index (χ3v) is 0.619. The van der Waals surface area contributed by atoms with Crippen molar-refractivity contribution >= 4 is 11.6 Å². The fourth-order valence-electron chi connectivity index (χ4n) is 0.362. The lowest BCUT2D eigenvalue weighted by molar-refractivity contribution is 1.16. The van der Waals surface area contributed by atoms with Gasteiger partial charge in [0.15, 0.2) is 0 Å². The van der Waals surface area contributed by atoms with E-state index in [1.165, 1.54) is 0 Å². The Bertz CT molecular complexity index is 72.1. The van der Waals surface area contributed by atoms with Crippen LogP contribution in [0.15, 0.2) is 11.8 Å². The minimum Gasteiger partial charge on any atom is -0.402 e. The summed E-state index contributed by atoms with van der Waals surface area (Å²) in [6.45, 7) is 3.69. The Morgan fingerprint density at radius 3 is 2.29 bits per heavy atom. The zero-order chi connectivity index (χ0) is 5.86. The van der Waals surface area contributed by atoms with Crippen molar-refractivity contribution in [3.63, 3.8) is 0 Å². The molecule has 2 N–H and O–H groups in total. The zero-order valence-corrected chi connectivity index (χ0v) is 5.37. The van der Waals surface area contributed by atoms with E-state index < -0.39 is 0 Å². The van der Waals surface area contributed by atoms with Crippen molar-refractivity contribution < 1.29 is 0 Å². The predicted octanol–water partition coefficient (Wildman–Crippen LogP) is 1.48. The zero-order valence-electron chi connectivity index (χ0n) is 4.61. The topological polar surface area (TPSA) is 26.0 Å². The summed E-state index contributed by atoms with van der Waals surface area (Å²) in [5.74, 6) is 0. The van der Waals surface area contributed by atoms with Gasteiger partial charge in [0, 0.05) is 5.70 Å². The number of rotatable bonds is 1. The van der Waals surface area contributed by atoms with E-state index in [-0.39, 0.29) is 5.38 Å². The molecule has 0 heterocycles.